The van der Waals surface area contributed by atoms with E-state index in [1.165, 1.54) is 0 Å². The van der Waals surface area contributed by atoms with E-state index in [0.29, 0.717) is 24.9 Å². The number of carboxylic acids is 1. The molecular weight excluding hydrogens is 460 g/mol. The highest BCUT2D eigenvalue weighted by Crippen LogP contribution is 2.82. The third-order valence-corrected chi connectivity index (χ3v) is 11.1. The average Bonchev–Trinajstić information content (AvgIpc) is 3.44. The van der Waals surface area contributed by atoms with E-state index < -0.39 is 28.5 Å². The second-order valence-electron chi connectivity index (χ2n) is 12.9. The maximum atomic E-state index is 13.5. The number of rotatable bonds is 9. The van der Waals surface area contributed by atoms with E-state index in [2.05, 4.69) is 33.8 Å². The molecule has 0 amide bonds. The van der Waals surface area contributed by atoms with Crippen LogP contribution in [0.3, 0.4) is 0 Å². The first-order valence-electron chi connectivity index (χ1n) is 14.1. The van der Waals surface area contributed by atoms with Gasteiger partial charge in [0, 0.05) is 12.0 Å². The molecule has 2 saturated heterocycles. The first-order chi connectivity index (χ1) is 17.2. The van der Waals surface area contributed by atoms with Gasteiger partial charge in [0.2, 0.25) is 0 Å². The zero-order chi connectivity index (χ0) is 25.6. The lowest BCUT2D eigenvalue weighted by Crippen LogP contribution is -2.64. The zero-order valence-electron chi connectivity index (χ0n) is 22.3. The molecule has 200 valence electrons. The van der Waals surface area contributed by atoms with E-state index in [-0.39, 0.29) is 48.8 Å². The molecule has 4 aliphatic carbocycles. The van der Waals surface area contributed by atoms with Gasteiger partial charge in [-0.2, -0.15) is 0 Å². The number of fused-ring (bicyclic) bond motifs is 3. The third kappa shape index (κ3) is 2.89. The van der Waals surface area contributed by atoms with Crippen molar-refractivity contribution < 1.29 is 33.6 Å². The van der Waals surface area contributed by atoms with Crippen LogP contribution < -0.4 is 0 Å². The van der Waals surface area contributed by atoms with Gasteiger partial charge in [-0.1, -0.05) is 45.8 Å². The van der Waals surface area contributed by atoms with Gasteiger partial charge in [0.25, 0.3) is 0 Å². The standard InChI is InChI=1S/C29H42O7/c1-6-9-33-22-17(5)35-25(24-23(22)36-24)34-14-28-12-19-16(4)7-8-20(19)27(13-30)11-18(28)10-21(15(2)3)29(27,28)26(31)32/h10,13,15-20,22-25H,6-9,11-12,14H2,1-5H3,(H,31,32)/t16-,17-,18?,19-,20-,22-,23+,24+,25-,27+,28?,29+/m1/s1. The van der Waals surface area contributed by atoms with Gasteiger partial charge in [0.1, 0.15) is 30.0 Å². The molecule has 5 fully saturated rings. The van der Waals surface area contributed by atoms with Crippen LogP contribution >= 0.6 is 0 Å². The summed E-state index contributed by atoms with van der Waals surface area (Å²) in [5.41, 5.74) is -1.80. The van der Waals surface area contributed by atoms with Crippen molar-refractivity contribution in [2.75, 3.05) is 13.2 Å². The maximum absolute atomic E-state index is 13.5. The van der Waals surface area contributed by atoms with Gasteiger partial charge in [-0.25, -0.2) is 0 Å². The van der Waals surface area contributed by atoms with Crippen LogP contribution in [-0.4, -0.2) is 61.3 Å². The number of carboxylic acid groups (broad SMARTS) is 1. The highest BCUT2D eigenvalue weighted by molar-refractivity contribution is 5.90. The molecule has 6 rings (SSSR count). The number of carbonyl (C=O) groups is 2. The Morgan fingerprint density at radius 3 is 2.64 bits per heavy atom. The van der Waals surface area contributed by atoms with Crippen LogP contribution in [0.1, 0.15) is 66.7 Å². The Labute approximate surface area is 214 Å². The molecule has 0 aromatic carbocycles. The molecule has 2 heterocycles. The molecule has 36 heavy (non-hydrogen) atoms. The third-order valence-electron chi connectivity index (χ3n) is 11.1. The van der Waals surface area contributed by atoms with E-state index in [4.69, 9.17) is 18.9 Å². The normalized spacial score (nSPS) is 52.2. The number of aliphatic carboxylic acids is 1. The zero-order valence-corrected chi connectivity index (χ0v) is 22.3. The predicted octanol–water partition coefficient (Wildman–Crippen LogP) is 4.24. The minimum absolute atomic E-state index is 0.0200. The summed E-state index contributed by atoms with van der Waals surface area (Å²) in [5.74, 6) is 0.186. The molecule has 0 aromatic rings. The fraction of sp³-hybridized carbons (Fsp3) is 0.862. The molecule has 2 unspecified atom stereocenters. The van der Waals surface area contributed by atoms with Crippen LogP contribution in [0.5, 0.6) is 0 Å². The van der Waals surface area contributed by atoms with E-state index in [1.807, 2.05) is 6.92 Å². The van der Waals surface area contributed by atoms with E-state index >= 15 is 0 Å². The molecule has 0 radical (unpaired) electrons. The minimum Gasteiger partial charge on any atom is -0.481 e. The van der Waals surface area contributed by atoms with Crippen LogP contribution in [0, 0.1) is 45.8 Å². The van der Waals surface area contributed by atoms with Crippen molar-refractivity contribution in [2.24, 2.45) is 45.8 Å². The van der Waals surface area contributed by atoms with Gasteiger partial charge >= 0.3 is 5.97 Å². The van der Waals surface area contributed by atoms with Crippen LogP contribution in [0.4, 0.5) is 0 Å². The largest absolute Gasteiger partial charge is 0.481 e. The Morgan fingerprint density at radius 1 is 1.19 bits per heavy atom. The monoisotopic (exact) mass is 502 g/mol. The van der Waals surface area contributed by atoms with E-state index in [1.54, 1.807) is 0 Å². The Bertz CT molecular complexity index is 959. The van der Waals surface area contributed by atoms with E-state index in [9.17, 15) is 14.7 Å². The molecule has 1 N–H and O–H groups in total. The van der Waals surface area contributed by atoms with Crippen molar-refractivity contribution in [2.45, 2.75) is 97.4 Å². The van der Waals surface area contributed by atoms with Gasteiger partial charge in [-0.15, -0.1) is 0 Å². The van der Waals surface area contributed by atoms with Crippen molar-refractivity contribution in [3.63, 3.8) is 0 Å². The quantitative estimate of drug-likeness (QED) is 0.286. The van der Waals surface area contributed by atoms with Crippen LogP contribution in [0.2, 0.25) is 0 Å². The van der Waals surface area contributed by atoms with Crippen LogP contribution in [-0.2, 0) is 28.5 Å². The van der Waals surface area contributed by atoms with Gasteiger partial charge in [-0.05, 0) is 62.2 Å². The average molecular weight is 503 g/mol. The van der Waals surface area contributed by atoms with Crippen LogP contribution in [0.15, 0.2) is 11.6 Å². The summed E-state index contributed by atoms with van der Waals surface area (Å²) in [5, 5.41) is 11.1. The summed E-state index contributed by atoms with van der Waals surface area (Å²) in [6.45, 7) is 11.4. The van der Waals surface area contributed by atoms with Crippen molar-refractivity contribution in [1.82, 2.24) is 0 Å². The summed E-state index contributed by atoms with van der Waals surface area (Å²) in [6, 6.07) is 0. The summed E-state index contributed by atoms with van der Waals surface area (Å²) >= 11 is 0. The number of carbonyl (C=O) groups excluding carboxylic acids is 1. The van der Waals surface area contributed by atoms with Crippen molar-refractivity contribution in [1.29, 1.82) is 0 Å². The highest BCUT2D eigenvalue weighted by Gasteiger charge is 2.84. The second kappa shape index (κ2) is 8.36. The first kappa shape index (κ1) is 25.0. The maximum Gasteiger partial charge on any atom is 0.315 e. The number of ether oxygens (including phenoxy) is 4. The lowest BCUT2D eigenvalue weighted by Gasteiger charge is -2.58. The lowest BCUT2D eigenvalue weighted by atomic mass is 9.43. The molecule has 2 aliphatic heterocycles. The number of epoxide rings is 1. The topological polar surface area (TPSA) is 94.6 Å². The van der Waals surface area contributed by atoms with Crippen molar-refractivity contribution >= 4 is 12.3 Å². The van der Waals surface area contributed by atoms with Crippen LogP contribution in [0.25, 0.3) is 0 Å². The smallest absolute Gasteiger partial charge is 0.315 e. The van der Waals surface area contributed by atoms with Gasteiger partial charge in [-0.3, -0.25) is 4.79 Å². The number of hydrogen-bond acceptors (Lipinski definition) is 6. The SMILES string of the molecule is CCCO[C@H]1[C@@H]2O[C@@H]2[C@H](OCC23C[C@@H]4[C@H](C)CC[C@H]4[C@@]4(C=O)CC2C=C(C(C)C)[C@@]34C(=O)O)O[C@@H]1C. The molecule has 7 nitrogen and oxygen atoms in total. The molecule has 12 atom stereocenters. The molecule has 3 saturated carbocycles. The van der Waals surface area contributed by atoms with Gasteiger partial charge in [0.15, 0.2) is 6.29 Å². The molecule has 6 aliphatic rings. The second-order valence-corrected chi connectivity index (χ2v) is 12.9. The lowest BCUT2D eigenvalue weighted by molar-refractivity contribution is -0.239. The molecular formula is C29H42O7. The molecule has 0 aromatic heterocycles. The summed E-state index contributed by atoms with van der Waals surface area (Å²) < 4.78 is 24.8. The molecule has 7 heteroatoms. The fourth-order valence-electron chi connectivity index (χ4n) is 9.74. The summed E-state index contributed by atoms with van der Waals surface area (Å²) in [7, 11) is 0. The fourth-order valence-corrected chi connectivity index (χ4v) is 9.74. The Balaban J connectivity index is 1.34. The highest BCUT2D eigenvalue weighted by atomic mass is 16.7. The van der Waals surface area contributed by atoms with E-state index in [0.717, 1.165) is 37.5 Å². The summed E-state index contributed by atoms with van der Waals surface area (Å²) in [4.78, 5) is 26.7. The molecule has 4 bridgehead atoms. The van der Waals surface area contributed by atoms with Gasteiger partial charge in [0.05, 0.1) is 18.1 Å². The number of hydrogen-bond donors (Lipinski definition) is 1. The predicted molar refractivity (Wildman–Crippen MR) is 131 cm³/mol. The Morgan fingerprint density at radius 2 is 1.97 bits per heavy atom. The Hall–Kier alpha value is -1.28. The molecule has 0 spiro atoms. The first-order valence-corrected chi connectivity index (χ1v) is 14.1. The minimum atomic E-state index is -1.22. The number of aldehydes is 1. The Kier molecular flexibility index (Phi) is 5.81. The summed E-state index contributed by atoms with van der Waals surface area (Å²) in [6.07, 6.45) is 6.58. The van der Waals surface area contributed by atoms with Gasteiger partial charge < -0.3 is 28.8 Å². The van der Waals surface area contributed by atoms with Crippen molar-refractivity contribution in [3.05, 3.63) is 11.6 Å². The number of allylic oxidation sites excluding steroid dienone is 1. The van der Waals surface area contributed by atoms with Crippen molar-refractivity contribution in [3.8, 4) is 0 Å².